The molecule has 0 aromatic heterocycles. The highest BCUT2D eigenvalue weighted by Crippen LogP contribution is 2.28. The van der Waals surface area contributed by atoms with E-state index >= 15 is 0 Å². The second-order valence-corrected chi connectivity index (χ2v) is 6.85. The smallest absolute Gasteiger partial charge is 0.0760 e. The average Bonchev–Trinajstić information content (AvgIpc) is 2.24. The summed E-state index contributed by atoms with van der Waals surface area (Å²) in [4.78, 5) is 2.53. The van der Waals surface area contributed by atoms with E-state index in [4.69, 9.17) is 9.47 Å². The van der Waals surface area contributed by atoms with Gasteiger partial charge in [-0.2, -0.15) is 0 Å². The molecular weight excluding hydrogens is 228 g/mol. The molecule has 0 radical (unpaired) electrons. The Morgan fingerprint density at radius 2 is 1.83 bits per heavy atom. The van der Waals surface area contributed by atoms with Crippen molar-refractivity contribution in [3.8, 4) is 0 Å². The maximum absolute atomic E-state index is 6.10. The minimum Gasteiger partial charge on any atom is -0.379 e. The third-order valence-electron chi connectivity index (χ3n) is 3.55. The van der Waals surface area contributed by atoms with Gasteiger partial charge in [0.15, 0.2) is 0 Å². The summed E-state index contributed by atoms with van der Waals surface area (Å²) in [5, 5.41) is 3.52. The summed E-state index contributed by atoms with van der Waals surface area (Å²) >= 11 is 0. The molecule has 2 aliphatic rings. The SMILES string of the molecule is CC1(C)CN(CCC2COCCN2)CC(C)(C)O1. The molecule has 2 rings (SSSR count). The first-order chi connectivity index (χ1) is 8.36. The van der Waals surface area contributed by atoms with Crippen LogP contribution in [0.1, 0.15) is 34.1 Å². The Labute approximate surface area is 111 Å². The molecule has 0 amide bonds. The molecule has 0 aliphatic carbocycles. The van der Waals surface area contributed by atoms with Crippen molar-refractivity contribution in [1.29, 1.82) is 0 Å². The zero-order chi connectivity index (χ0) is 13.2. The molecule has 0 saturated carbocycles. The van der Waals surface area contributed by atoms with Gasteiger partial charge in [0, 0.05) is 25.7 Å². The minimum absolute atomic E-state index is 0.0434. The van der Waals surface area contributed by atoms with Crippen molar-refractivity contribution in [2.75, 3.05) is 39.4 Å². The van der Waals surface area contributed by atoms with Gasteiger partial charge >= 0.3 is 0 Å². The lowest BCUT2D eigenvalue weighted by Gasteiger charge is -2.47. The zero-order valence-corrected chi connectivity index (χ0v) is 12.3. The first kappa shape index (κ1) is 14.3. The van der Waals surface area contributed by atoms with Crippen LogP contribution in [0, 0.1) is 0 Å². The van der Waals surface area contributed by atoms with Crippen LogP contribution in [0.5, 0.6) is 0 Å². The normalized spacial score (nSPS) is 32.3. The fourth-order valence-electron chi connectivity index (χ4n) is 3.25. The topological polar surface area (TPSA) is 33.7 Å². The monoisotopic (exact) mass is 256 g/mol. The van der Waals surface area contributed by atoms with Crippen molar-refractivity contribution in [2.24, 2.45) is 0 Å². The first-order valence-corrected chi connectivity index (χ1v) is 7.10. The van der Waals surface area contributed by atoms with Crippen LogP contribution in [-0.2, 0) is 9.47 Å². The van der Waals surface area contributed by atoms with Gasteiger partial charge in [0.25, 0.3) is 0 Å². The highest BCUT2D eigenvalue weighted by molar-refractivity contribution is 4.89. The Morgan fingerprint density at radius 3 is 2.39 bits per heavy atom. The Hall–Kier alpha value is -0.160. The summed E-state index contributed by atoms with van der Waals surface area (Å²) in [5.74, 6) is 0. The minimum atomic E-state index is -0.0434. The Balaban J connectivity index is 1.81. The lowest BCUT2D eigenvalue weighted by molar-refractivity contribution is -0.180. The largest absolute Gasteiger partial charge is 0.379 e. The van der Waals surface area contributed by atoms with Gasteiger partial charge in [0.2, 0.25) is 0 Å². The lowest BCUT2D eigenvalue weighted by atomic mass is 9.98. The van der Waals surface area contributed by atoms with Gasteiger partial charge in [-0.05, 0) is 40.7 Å². The molecule has 2 aliphatic heterocycles. The van der Waals surface area contributed by atoms with Crippen LogP contribution in [0.25, 0.3) is 0 Å². The van der Waals surface area contributed by atoms with E-state index < -0.39 is 0 Å². The predicted molar refractivity (Wildman–Crippen MR) is 72.9 cm³/mol. The van der Waals surface area contributed by atoms with Gasteiger partial charge in [-0.25, -0.2) is 0 Å². The molecule has 1 unspecified atom stereocenters. The van der Waals surface area contributed by atoms with E-state index in [0.717, 1.165) is 45.8 Å². The number of rotatable bonds is 3. The number of morpholine rings is 2. The van der Waals surface area contributed by atoms with E-state index in [9.17, 15) is 0 Å². The number of hydrogen-bond acceptors (Lipinski definition) is 4. The van der Waals surface area contributed by atoms with Gasteiger partial charge < -0.3 is 14.8 Å². The molecule has 2 fully saturated rings. The molecule has 1 atom stereocenters. The zero-order valence-electron chi connectivity index (χ0n) is 12.3. The van der Waals surface area contributed by atoms with Crippen molar-refractivity contribution in [3.63, 3.8) is 0 Å². The number of nitrogens with one attached hydrogen (secondary N) is 1. The molecule has 18 heavy (non-hydrogen) atoms. The second kappa shape index (κ2) is 5.45. The summed E-state index contributed by atoms with van der Waals surface area (Å²) in [6.45, 7) is 14.6. The predicted octanol–water partition coefficient (Wildman–Crippen LogP) is 1.25. The van der Waals surface area contributed by atoms with Crippen molar-refractivity contribution < 1.29 is 9.47 Å². The van der Waals surface area contributed by atoms with Crippen LogP contribution in [-0.4, -0.2) is 61.5 Å². The van der Waals surface area contributed by atoms with Crippen molar-refractivity contribution in [3.05, 3.63) is 0 Å². The van der Waals surface area contributed by atoms with Crippen LogP contribution in [0.2, 0.25) is 0 Å². The van der Waals surface area contributed by atoms with E-state index in [-0.39, 0.29) is 11.2 Å². The van der Waals surface area contributed by atoms with Crippen LogP contribution in [0.15, 0.2) is 0 Å². The van der Waals surface area contributed by atoms with Crippen LogP contribution < -0.4 is 5.32 Å². The molecule has 2 heterocycles. The second-order valence-electron chi connectivity index (χ2n) is 6.85. The van der Waals surface area contributed by atoms with Gasteiger partial charge in [-0.3, -0.25) is 4.90 Å². The van der Waals surface area contributed by atoms with E-state index in [2.05, 4.69) is 37.9 Å². The number of hydrogen-bond donors (Lipinski definition) is 1. The van der Waals surface area contributed by atoms with E-state index in [1.54, 1.807) is 0 Å². The maximum Gasteiger partial charge on any atom is 0.0760 e. The molecular formula is C14H28N2O2. The van der Waals surface area contributed by atoms with Crippen molar-refractivity contribution in [1.82, 2.24) is 10.2 Å². The Kier molecular flexibility index (Phi) is 4.32. The lowest BCUT2D eigenvalue weighted by Crippen LogP contribution is -2.57. The standard InChI is InChI=1S/C14H28N2O2/c1-13(2)10-16(11-14(3,4)18-13)7-5-12-9-17-8-6-15-12/h12,15H,5-11H2,1-4H3. The van der Waals surface area contributed by atoms with Gasteiger partial charge in [-0.15, -0.1) is 0 Å². The van der Waals surface area contributed by atoms with Gasteiger partial charge in [0.1, 0.15) is 0 Å². The van der Waals surface area contributed by atoms with Crippen LogP contribution in [0.3, 0.4) is 0 Å². The summed E-state index contributed by atoms with van der Waals surface area (Å²) < 4.78 is 11.6. The highest BCUT2D eigenvalue weighted by atomic mass is 16.5. The first-order valence-electron chi connectivity index (χ1n) is 7.10. The molecule has 0 spiro atoms. The average molecular weight is 256 g/mol. The Bertz CT molecular complexity index is 257. The van der Waals surface area contributed by atoms with E-state index in [1.807, 2.05) is 0 Å². The molecule has 2 saturated heterocycles. The molecule has 106 valence electrons. The van der Waals surface area contributed by atoms with Gasteiger partial charge in [0.05, 0.1) is 24.4 Å². The molecule has 4 nitrogen and oxygen atoms in total. The summed E-state index contributed by atoms with van der Waals surface area (Å²) in [6.07, 6.45) is 1.16. The third kappa shape index (κ3) is 4.19. The Morgan fingerprint density at radius 1 is 1.17 bits per heavy atom. The number of ether oxygens (including phenoxy) is 2. The molecule has 1 N–H and O–H groups in total. The molecule has 0 aromatic carbocycles. The molecule has 0 bridgehead atoms. The van der Waals surface area contributed by atoms with Crippen molar-refractivity contribution in [2.45, 2.75) is 51.4 Å². The van der Waals surface area contributed by atoms with Crippen LogP contribution >= 0.6 is 0 Å². The molecule has 0 aromatic rings. The van der Waals surface area contributed by atoms with E-state index in [0.29, 0.717) is 6.04 Å². The quantitative estimate of drug-likeness (QED) is 0.824. The van der Waals surface area contributed by atoms with Crippen molar-refractivity contribution >= 4 is 0 Å². The van der Waals surface area contributed by atoms with Crippen LogP contribution in [0.4, 0.5) is 0 Å². The maximum atomic E-state index is 6.10. The highest BCUT2D eigenvalue weighted by Gasteiger charge is 2.37. The summed E-state index contributed by atoms with van der Waals surface area (Å²) in [5.41, 5.74) is -0.0868. The summed E-state index contributed by atoms with van der Waals surface area (Å²) in [7, 11) is 0. The third-order valence-corrected chi connectivity index (χ3v) is 3.55. The summed E-state index contributed by atoms with van der Waals surface area (Å²) in [6, 6.07) is 0.521. The number of nitrogens with zero attached hydrogens (tertiary/aromatic N) is 1. The van der Waals surface area contributed by atoms with Gasteiger partial charge in [-0.1, -0.05) is 0 Å². The fourth-order valence-corrected chi connectivity index (χ4v) is 3.25. The van der Waals surface area contributed by atoms with E-state index in [1.165, 1.54) is 0 Å². The fraction of sp³-hybridized carbons (Fsp3) is 1.00. The molecule has 4 heteroatoms.